The van der Waals surface area contributed by atoms with Crippen LogP contribution in [0.1, 0.15) is 23.6 Å². The molecule has 132 valence electrons. The minimum absolute atomic E-state index is 0.00419. The molecule has 0 atom stereocenters. The van der Waals surface area contributed by atoms with Gasteiger partial charge in [0.2, 0.25) is 11.8 Å². The summed E-state index contributed by atoms with van der Waals surface area (Å²) in [5.41, 5.74) is 3.75. The van der Waals surface area contributed by atoms with Crippen molar-refractivity contribution in [3.8, 4) is 5.75 Å². The van der Waals surface area contributed by atoms with Crippen LogP contribution in [-0.2, 0) is 16.1 Å². The monoisotopic (exact) mass is 340 g/mol. The van der Waals surface area contributed by atoms with Crippen molar-refractivity contribution < 1.29 is 14.3 Å². The van der Waals surface area contributed by atoms with Crippen molar-refractivity contribution in [2.45, 2.75) is 27.3 Å². The SMILES string of the molecule is COc1ccc(CNC(=O)CN(C(C)=O)c2cc(C)ccc2C)cc1. The Balaban J connectivity index is 2.02. The third-order valence-corrected chi connectivity index (χ3v) is 3.99. The van der Waals surface area contributed by atoms with Crippen LogP contribution in [0, 0.1) is 13.8 Å². The first kappa shape index (κ1) is 18.5. The van der Waals surface area contributed by atoms with Gasteiger partial charge in [-0.2, -0.15) is 0 Å². The summed E-state index contributed by atoms with van der Waals surface area (Å²) in [6.07, 6.45) is 0. The van der Waals surface area contributed by atoms with Gasteiger partial charge in [0, 0.05) is 19.2 Å². The predicted molar refractivity (Wildman–Crippen MR) is 98.8 cm³/mol. The number of aryl methyl sites for hydroxylation is 2. The summed E-state index contributed by atoms with van der Waals surface area (Å²) < 4.78 is 5.11. The Hall–Kier alpha value is -2.82. The van der Waals surface area contributed by atoms with Crippen LogP contribution < -0.4 is 15.0 Å². The normalized spacial score (nSPS) is 10.2. The van der Waals surface area contributed by atoms with Crippen molar-refractivity contribution in [3.63, 3.8) is 0 Å². The number of amides is 2. The molecular formula is C20H24N2O3. The van der Waals surface area contributed by atoms with E-state index in [-0.39, 0.29) is 18.4 Å². The Morgan fingerprint density at radius 3 is 2.36 bits per heavy atom. The number of ether oxygens (including phenoxy) is 1. The molecule has 25 heavy (non-hydrogen) atoms. The van der Waals surface area contributed by atoms with E-state index >= 15 is 0 Å². The molecule has 0 unspecified atom stereocenters. The molecule has 2 rings (SSSR count). The molecule has 0 spiro atoms. The molecule has 0 aliphatic carbocycles. The van der Waals surface area contributed by atoms with Gasteiger partial charge in [-0.1, -0.05) is 24.3 Å². The minimum atomic E-state index is -0.202. The lowest BCUT2D eigenvalue weighted by Gasteiger charge is -2.23. The molecule has 0 bridgehead atoms. The summed E-state index contributed by atoms with van der Waals surface area (Å²) in [4.78, 5) is 25.8. The van der Waals surface area contributed by atoms with E-state index in [1.54, 1.807) is 7.11 Å². The first-order valence-electron chi connectivity index (χ1n) is 8.15. The average Bonchev–Trinajstić information content (AvgIpc) is 2.60. The van der Waals surface area contributed by atoms with Crippen LogP contribution in [0.4, 0.5) is 5.69 Å². The molecule has 2 aromatic carbocycles. The van der Waals surface area contributed by atoms with Crippen LogP contribution in [0.2, 0.25) is 0 Å². The number of benzene rings is 2. The third-order valence-electron chi connectivity index (χ3n) is 3.99. The number of carbonyl (C=O) groups is 2. The van der Waals surface area contributed by atoms with Crippen LogP contribution in [0.5, 0.6) is 5.75 Å². The van der Waals surface area contributed by atoms with Gasteiger partial charge in [0.15, 0.2) is 0 Å². The van der Waals surface area contributed by atoms with Crippen LogP contribution >= 0.6 is 0 Å². The Bertz CT molecular complexity index is 754. The van der Waals surface area contributed by atoms with E-state index in [4.69, 9.17) is 4.74 Å². The number of anilines is 1. The Morgan fingerprint density at radius 1 is 1.08 bits per heavy atom. The zero-order valence-electron chi connectivity index (χ0n) is 15.1. The van der Waals surface area contributed by atoms with Crippen molar-refractivity contribution in [2.75, 3.05) is 18.6 Å². The summed E-state index contributed by atoms with van der Waals surface area (Å²) in [5, 5.41) is 2.85. The molecular weight excluding hydrogens is 316 g/mol. The molecule has 0 aliphatic heterocycles. The molecule has 0 heterocycles. The van der Waals surface area contributed by atoms with Crippen molar-refractivity contribution in [2.24, 2.45) is 0 Å². The van der Waals surface area contributed by atoms with E-state index in [0.717, 1.165) is 28.1 Å². The van der Waals surface area contributed by atoms with Crippen molar-refractivity contribution in [1.82, 2.24) is 5.32 Å². The third kappa shape index (κ3) is 5.08. The fourth-order valence-corrected chi connectivity index (χ4v) is 2.52. The number of hydrogen-bond acceptors (Lipinski definition) is 3. The highest BCUT2D eigenvalue weighted by Gasteiger charge is 2.17. The zero-order valence-corrected chi connectivity index (χ0v) is 15.1. The van der Waals surface area contributed by atoms with Gasteiger partial charge in [0.1, 0.15) is 12.3 Å². The van der Waals surface area contributed by atoms with Crippen molar-refractivity contribution >= 4 is 17.5 Å². The molecule has 1 N–H and O–H groups in total. The largest absolute Gasteiger partial charge is 0.497 e. The van der Waals surface area contributed by atoms with E-state index in [0.29, 0.717) is 6.54 Å². The summed E-state index contributed by atoms with van der Waals surface area (Å²) >= 11 is 0. The molecule has 0 fully saturated rings. The number of rotatable bonds is 6. The van der Waals surface area contributed by atoms with E-state index in [1.807, 2.05) is 56.3 Å². The quantitative estimate of drug-likeness (QED) is 0.879. The molecule has 0 aliphatic rings. The molecule has 2 amide bonds. The van der Waals surface area contributed by atoms with Crippen LogP contribution in [-0.4, -0.2) is 25.5 Å². The Labute approximate surface area is 148 Å². The molecule has 0 saturated heterocycles. The second-order valence-corrected chi connectivity index (χ2v) is 6.02. The predicted octanol–water partition coefficient (Wildman–Crippen LogP) is 2.98. The summed E-state index contributed by atoms with van der Waals surface area (Å²) in [6.45, 7) is 5.76. The van der Waals surface area contributed by atoms with Crippen molar-refractivity contribution in [3.05, 3.63) is 59.2 Å². The first-order chi connectivity index (χ1) is 11.9. The molecule has 0 radical (unpaired) electrons. The van der Waals surface area contributed by atoms with E-state index in [9.17, 15) is 9.59 Å². The molecule has 2 aromatic rings. The Kier molecular flexibility index (Phi) is 6.17. The van der Waals surface area contributed by atoms with Crippen LogP contribution in [0.25, 0.3) is 0 Å². The maximum absolute atomic E-state index is 12.3. The fraction of sp³-hybridized carbons (Fsp3) is 0.300. The van der Waals surface area contributed by atoms with E-state index in [2.05, 4.69) is 5.32 Å². The smallest absolute Gasteiger partial charge is 0.240 e. The summed E-state index contributed by atoms with van der Waals surface area (Å²) in [5.74, 6) is 0.410. The number of nitrogens with one attached hydrogen (secondary N) is 1. The summed E-state index contributed by atoms with van der Waals surface area (Å²) in [6, 6.07) is 13.3. The maximum Gasteiger partial charge on any atom is 0.240 e. The lowest BCUT2D eigenvalue weighted by atomic mass is 10.1. The van der Waals surface area contributed by atoms with Gasteiger partial charge >= 0.3 is 0 Å². The molecule has 0 aromatic heterocycles. The number of carbonyl (C=O) groups excluding carboxylic acids is 2. The molecule has 5 nitrogen and oxygen atoms in total. The molecule has 0 saturated carbocycles. The topological polar surface area (TPSA) is 58.6 Å². The van der Waals surface area contributed by atoms with Crippen LogP contribution in [0.15, 0.2) is 42.5 Å². The van der Waals surface area contributed by atoms with Gasteiger partial charge in [-0.3, -0.25) is 9.59 Å². The van der Waals surface area contributed by atoms with Gasteiger partial charge < -0.3 is 15.0 Å². The van der Waals surface area contributed by atoms with Gasteiger partial charge in [-0.15, -0.1) is 0 Å². The zero-order chi connectivity index (χ0) is 18.4. The number of nitrogens with zero attached hydrogens (tertiary/aromatic N) is 1. The Morgan fingerprint density at radius 2 is 1.76 bits per heavy atom. The highest BCUT2D eigenvalue weighted by molar-refractivity contribution is 5.98. The maximum atomic E-state index is 12.3. The van der Waals surface area contributed by atoms with E-state index < -0.39 is 0 Å². The highest BCUT2D eigenvalue weighted by Crippen LogP contribution is 2.21. The minimum Gasteiger partial charge on any atom is -0.497 e. The second kappa shape index (κ2) is 8.33. The standard InChI is InChI=1S/C20H24N2O3/c1-14-5-6-15(2)19(11-14)22(16(3)23)13-20(24)21-12-17-7-9-18(25-4)10-8-17/h5-11H,12-13H2,1-4H3,(H,21,24). The average molecular weight is 340 g/mol. The fourth-order valence-electron chi connectivity index (χ4n) is 2.52. The number of hydrogen-bond donors (Lipinski definition) is 1. The lowest BCUT2D eigenvalue weighted by Crippen LogP contribution is -2.40. The van der Waals surface area contributed by atoms with Gasteiger partial charge in [0.25, 0.3) is 0 Å². The molecule has 5 heteroatoms. The lowest BCUT2D eigenvalue weighted by molar-refractivity contribution is -0.123. The second-order valence-electron chi connectivity index (χ2n) is 6.02. The van der Waals surface area contributed by atoms with Gasteiger partial charge in [0.05, 0.1) is 7.11 Å². The van der Waals surface area contributed by atoms with E-state index in [1.165, 1.54) is 11.8 Å². The summed E-state index contributed by atoms with van der Waals surface area (Å²) in [7, 11) is 1.61. The van der Waals surface area contributed by atoms with Crippen LogP contribution in [0.3, 0.4) is 0 Å². The highest BCUT2D eigenvalue weighted by atomic mass is 16.5. The van der Waals surface area contributed by atoms with Crippen molar-refractivity contribution in [1.29, 1.82) is 0 Å². The van der Waals surface area contributed by atoms with Gasteiger partial charge in [-0.05, 0) is 48.7 Å². The number of methoxy groups -OCH3 is 1. The first-order valence-corrected chi connectivity index (χ1v) is 8.15. The van der Waals surface area contributed by atoms with Gasteiger partial charge in [-0.25, -0.2) is 0 Å².